The van der Waals surface area contributed by atoms with Crippen LogP contribution in [-0.4, -0.2) is 50.3 Å². The largest absolute Gasteiger partial charge is 0.495 e. The van der Waals surface area contributed by atoms with Crippen molar-refractivity contribution >= 4 is 24.9 Å². The molecular weight excluding hydrogens is 608 g/mol. The summed E-state index contributed by atoms with van der Waals surface area (Å²) >= 11 is 0. The lowest BCUT2D eigenvalue weighted by Gasteiger charge is -2.37. The Bertz CT molecular complexity index is 1770. The predicted molar refractivity (Wildman–Crippen MR) is 174 cm³/mol. The van der Waals surface area contributed by atoms with Gasteiger partial charge in [-0.25, -0.2) is 13.8 Å². The van der Waals surface area contributed by atoms with E-state index in [1.807, 2.05) is 0 Å². The van der Waals surface area contributed by atoms with Crippen molar-refractivity contribution in [3.05, 3.63) is 71.6 Å². The Kier molecular flexibility index (Phi) is 9.91. The van der Waals surface area contributed by atoms with Crippen LogP contribution in [0.1, 0.15) is 30.9 Å². The highest BCUT2D eigenvalue weighted by Crippen LogP contribution is 2.42. The lowest BCUT2D eigenvalue weighted by molar-refractivity contribution is -0.125. The van der Waals surface area contributed by atoms with Gasteiger partial charge in [-0.15, -0.1) is 0 Å². The summed E-state index contributed by atoms with van der Waals surface area (Å²) < 4.78 is 55.3. The highest BCUT2D eigenvalue weighted by atomic mass is 28.3. The Labute approximate surface area is 268 Å². The summed E-state index contributed by atoms with van der Waals surface area (Å²) in [5.74, 6) is -2.02. The lowest BCUT2D eigenvalue weighted by Crippen LogP contribution is -2.40. The second-order valence-corrected chi connectivity index (χ2v) is 19.0. The van der Waals surface area contributed by atoms with E-state index in [0.29, 0.717) is 66.1 Å². The van der Waals surface area contributed by atoms with Crippen LogP contribution in [-0.2, 0) is 27.4 Å². The van der Waals surface area contributed by atoms with Gasteiger partial charge in [-0.3, -0.25) is 4.79 Å². The first-order chi connectivity index (χ1) is 21.9. The minimum atomic E-state index is -1.32. The van der Waals surface area contributed by atoms with Crippen molar-refractivity contribution in [2.45, 2.75) is 58.6 Å². The summed E-state index contributed by atoms with van der Waals surface area (Å²) in [6.45, 7) is 10.9. The number of methoxy groups -OCH3 is 1. The monoisotopic (exact) mass is 647 g/mol. The molecule has 0 radical (unpaired) electrons. The Morgan fingerprint density at radius 2 is 1.87 bits per heavy atom. The van der Waals surface area contributed by atoms with E-state index in [2.05, 4.69) is 37.6 Å². The fraction of sp³-hybridized carbons (Fsp3) is 0.400. The molecule has 8 nitrogen and oxygen atoms in total. The Balaban J connectivity index is 1.48. The van der Waals surface area contributed by atoms with Gasteiger partial charge in [0.25, 0.3) is 0 Å². The van der Waals surface area contributed by atoms with Crippen LogP contribution in [0.3, 0.4) is 0 Å². The van der Waals surface area contributed by atoms with Crippen LogP contribution in [0.15, 0.2) is 48.8 Å². The molecule has 11 heteroatoms. The number of ketones is 1. The van der Waals surface area contributed by atoms with Crippen molar-refractivity contribution in [3.63, 3.8) is 0 Å². The van der Waals surface area contributed by atoms with Gasteiger partial charge in [0.05, 0.1) is 25.7 Å². The number of pyridine rings is 1. The van der Waals surface area contributed by atoms with Gasteiger partial charge in [-0.1, -0.05) is 38.7 Å². The molecule has 2 aromatic carbocycles. The van der Waals surface area contributed by atoms with E-state index in [0.717, 1.165) is 18.2 Å². The molecule has 4 aromatic rings. The smallest absolute Gasteiger partial charge is 0.198 e. The van der Waals surface area contributed by atoms with Crippen LogP contribution in [0, 0.1) is 28.4 Å². The van der Waals surface area contributed by atoms with Gasteiger partial charge in [0.1, 0.15) is 41.3 Å². The highest BCUT2D eigenvalue weighted by Gasteiger charge is 2.33. The number of halogens is 2. The van der Waals surface area contributed by atoms with Crippen LogP contribution in [0.25, 0.3) is 22.2 Å². The zero-order chi connectivity index (χ0) is 33.1. The molecule has 1 fully saturated rings. The van der Waals surface area contributed by atoms with Crippen molar-refractivity contribution in [2.24, 2.45) is 5.41 Å². The normalized spacial score (nSPS) is 14.1. The SMILES string of the molecule is COc1cccc(-c2cn(COCC[Si](C)(C)C)c3nccc(Oc4c(F)cc(CC(=O)CCC5(C)COC5)cc4F)c23)c1C#N. The molecule has 0 aliphatic carbocycles. The molecule has 0 spiro atoms. The van der Waals surface area contributed by atoms with E-state index in [-0.39, 0.29) is 35.7 Å². The molecule has 5 rings (SSSR count). The van der Waals surface area contributed by atoms with Crippen molar-refractivity contribution in [2.75, 3.05) is 26.9 Å². The Morgan fingerprint density at radius 3 is 2.50 bits per heavy atom. The molecule has 3 heterocycles. The molecule has 1 aliphatic rings. The van der Waals surface area contributed by atoms with Gasteiger partial charge in [0.15, 0.2) is 17.4 Å². The second-order valence-electron chi connectivity index (χ2n) is 13.4. The van der Waals surface area contributed by atoms with Gasteiger partial charge in [-0.05, 0) is 42.3 Å². The number of aromatic nitrogens is 2. The first-order valence-electron chi connectivity index (χ1n) is 15.3. The van der Waals surface area contributed by atoms with E-state index in [9.17, 15) is 10.1 Å². The van der Waals surface area contributed by atoms with E-state index in [1.165, 1.54) is 19.4 Å². The molecule has 1 aliphatic heterocycles. The second kappa shape index (κ2) is 13.7. The third kappa shape index (κ3) is 7.47. The first kappa shape index (κ1) is 33.3. The summed E-state index contributed by atoms with van der Waals surface area (Å²) in [6.07, 6.45) is 4.19. The number of fused-ring (bicyclic) bond motifs is 1. The number of carbonyl (C=O) groups excluding carboxylic acids is 1. The molecular formula is C35H39F2N3O5Si. The Hall–Kier alpha value is -4.11. The molecule has 0 atom stereocenters. The summed E-state index contributed by atoms with van der Waals surface area (Å²) in [5.41, 5.74) is 2.08. The van der Waals surface area contributed by atoms with Crippen LogP contribution in [0.5, 0.6) is 17.2 Å². The van der Waals surface area contributed by atoms with Gasteiger partial charge < -0.3 is 23.5 Å². The molecule has 46 heavy (non-hydrogen) atoms. The minimum Gasteiger partial charge on any atom is -0.495 e. The summed E-state index contributed by atoms with van der Waals surface area (Å²) in [6, 6.07) is 12.2. The number of ether oxygens (including phenoxy) is 4. The third-order valence-corrected chi connectivity index (χ3v) is 9.88. The van der Waals surface area contributed by atoms with Gasteiger partial charge in [0, 0.05) is 56.5 Å². The number of hydrogen-bond acceptors (Lipinski definition) is 7. The highest BCUT2D eigenvalue weighted by molar-refractivity contribution is 6.76. The molecule has 0 unspecified atom stereocenters. The molecule has 0 saturated carbocycles. The quantitative estimate of drug-likeness (QED) is 0.101. The zero-order valence-corrected chi connectivity index (χ0v) is 27.9. The van der Waals surface area contributed by atoms with Crippen LogP contribution >= 0.6 is 0 Å². The molecule has 0 amide bonds. The molecule has 1 saturated heterocycles. The summed E-state index contributed by atoms with van der Waals surface area (Å²) in [5, 5.41) is 10.5. The van der Waals surface area contributed by atoms with E-state index >= 15 is 8.78 Å². The standard InChI is InChI=1S/C35H39F2N3O5Si/c1-35(20-44-21-35)11-9-24(41)15-23-16-28(36)33(29(37)17-23)45-31-10-12-39-34-32(31)27(19-40(34)22-43-13-14-46(3,4)5)25-7-6-8-30(42-2)26(25)18-38/h6-8,10,12,16-17,19H,9,11,13-15,20-22H2,1-5H3. The van der Waals surface area contributed by atoms with Crippen molar-refractivity contribution in [1.29, 1.82) is 5.26 Å². The zero-order valence-electron chi connectivity index (χ0n) is 26.9. The molecule has 0 bridgehead atoms. The molecule has 0 N–H and O–H groups in total. The predicted octanol–water partition coefficient (Wildman–Crippen LogP) is 7.89. The van der Waals surface area contributed by atoms with E-state index < -0.39 is 25.5 Å². The first-order valence-corrected chi connectivity index (χ1v) is 19.0. The van der Waals surface area contributed by atoms with Crippen molar-refractivity contribution < 1.29 is 32.5 Å². The number of hydrogen-bond donors (Lipinski definition) is 0. The minimum absolute atomic E-state index is 0.0173. The fourth-order valence-electron chi connectivity index (χ4n) is 5.43. The molecule has 242 valence electrons. The van der Waals surface area contributed by atoms with Crippen LogP contribution in [0.2, 0.25) is 25.7 Å². The number of benzene rings is 2. The number of Topliss-reactive ketones (excluding diaryl/α,β-unsaturated/α-hetero) is 1. The van der Waals surface area contributed by atoms with Gasteiger partial charge in [-0.2, -0.15) is 5.26 Å². The van der Waals surface area contributed by atoms with Crippen molar-refractivity contribution in [1.82, 2.24) is 9.55 Å². The number of nitrogens with zero attached hydrogens (tertiary/aromatic N) is 3. The maximum absolute atomic E-state index is 15.4. The average Bonchev–Trinajstić information content (AvgIpc) is 3.37. The maximum atomic E-state index is 15.4. The number of carbonyl (C=O) groups is 1. The van der Waals surface area contributed by atoms with Gasteiger partial charge >= 0.3 is 0 Å². The van der Waals surface area contributed by atoms with Crippen LogP contribution < -0.4 is 9.47 Å². The number of nitriles is 1. The maximum Gasteiger partial charge on any atom is 0.198 e. The van der Waals surface area contributed by atoms with Crippen molar-refractivity contribution in [3.8, 4) is 34.4 Å². The van der Waals surface area contributed by atoms with Crippen LogP contribution in [0.4, 0.5) is 8.78 Å². The fourth-order valence-corrected chi connectivity index (χ4v) is 6.19. The Morgan fingerprint density at radius 1 is 1.13 bits per heavy atom. The van der Waals surface area contributed by atoms with E-state index in [4.69, 9.17) is 18.9 Å². The van der Waals surface area contributed by atoms with E-state index in [1.54, 1.807) is 29.0 Å². The third-order valence-electron chi connectivity index (χ3n) is 8.17. The molecule has 2 aromatic heterocycles. The summed E-state index contributed by atoms with van der Waals surface area (Å²) in [7, 11) is 0.163. The lowest BCUT2D eigenvalue weighted by atomic mass is 9.82. The summed E-state index contributed by atoms with van der Waals surface area (Å²) in [4.78, 5) is 17.1. The number of rotatable bonds is 14. The van der Waals surface area contributed by atoms with Gasteiger partial charge in [0.2, 0.25) is 0 Å². The topological polar surface area (TPSA) is 95.6 Å². The average molecular weight is 648 g/mol.